The minimum atomic E-state index is 0.647. The molecule has 0 N–H and O–H groups in total. The zero-order valence-corrected chi connectivity index (χ0v) is 28.5. The molecule has 0 aliphatic carbocycles. The van der Waals surface area contributed by atoms with Crippen LogP contribution in [0.15, 0.2) is 180 Å². The lowest BCUT2D eigenvalue weighted by Gasteiger charge is -2.16. The minimum Gasteiger partial charge on any atom is -0.455 e. The number of furan rings is 1. The van der Waals surface area contributed by atoms with Crippen molar-refractivity contribution in [3.8, 4) is 39.7 Å². The van der Waals surface area contributed by atoms with Gasteiger partial charge in [0.05, 0.1) is 39.1 Å². The van der Waals surface area contributed by atoms with Gasteiger partial charge in [0.2, 0.25) is 0 Å². The van der Waals surface area contributed by atoms with Gasteiger partial charge in [0.15, 0.2) is 0 Å². The van der Waals surface area contributed by atoms with E-state index in [1.807, 2.05) is 30.3 Å². The van der Waals surface area contributed by atoms with Crippen molar-refractivity contribution in [2.45, 2.75) is 0 Å². The van der Waals surface area contributed by atoms with E-state index in [2.05, 4.69) is 161 Å². The molecule has 4 nitrogen and oxygen atoms in total. The molecule has 0 aliphatic heterocycles. The highest BCUT2D eigenvalue weighted by atomic mass is 16.3. The normalized spacial score (nSPS) is 11.8. The van der Waals surface area contributed by atoms with E-state index in [1.54, 1.807) is 0 Å². The van der Waals surface area contributed by atoms with Crippen LogP contribution in [0.1, 0.15) is 5.56 Å². The summed E-state index contributed by atoms with van der Waals surface area (Å²) in [7, 11) is 0. The molecule has 0 bridgehead atoms. The molecule has 0 unspecified atom stereocenters. The summed E-state index contributed by atoms with van der Waals surface area (Å²) in [5, 5.41) is 16.6. The van der Waals surface area contributed by atoms with Gasteiger partial charge in [-0.05, 0) is 95.1 Å². The molecule has 246 valence electrons. The number of fused-ring (bicyclic) bond motifs is 10. The number of nitrogens with zero attached hydrogens (tertiary/aromatic N) is 3. The van der Waals surface area contributed by atoms with Gasteiger partial charge in [-0.25, -0.2) is 0 Å². The molecule has 3 aromatic heterocycles. The smallest absolute Gasteiger partial charge is 0.145 e. The summed E-state index contributed by atoms with van der Waals surface area (Å²) in [5.74, 6) is 0. The fourth-order valence-electron chi connectivity index (χ4n) is 8.38. The molecule has 0 saturated carbocycles. The van der Waals surface area contributed by atoms with Gasteiger partial charge in [-0.2, -0.15) is 5.26 Å². The summed E-state index contributed by atoms with van der Waals surface area (Å²) in [6.45, 7) is 0. The predicted molar refractivity (Wildman–Crippen MR) is 218 cm³/mol. The number of hydrogen-bond acceptors (Lipinski definition) is 2. The fourth-order valence-corrected chi connectivity index (χ4v) is 8.38. The Hall–Kier alpha value is -7.35. The van der Waals surface area contributed by atoms with E-state index >= 15 is 0 Å². The number of benzene rings is 8. The average Bonchev–Trinajstić information content (AvgIpc) is 3.88. The summed E-state index contributed by atoms with van der Waals surface area (Å²) in [5.41, 5.74) is 13.3. The number of para-hydroxylation sites is 4. The van der Waals surface area contributed by atoms with Crippen LogP contribution in [-0.4, -0.2) is 9.13 Å². The van der Waals surface area contributed by atoms with Crippen LogP contribution in [-0.2, 0) is 0 Å². The number of nitriles is 1. The Labute approximate surface area is 304 Å². The van der Waals surface area contributed by atoms with E-state index < -0.39 is 0 Å². The number of hydrogen-bond donors (Lipinski definition) is 0. The Morgan fingerprint density at radius 1 is 0.396 bits per heavy atom. The molecular weight excluding hydrogens is 647 g/mol. The first-order valence-electron chi connectivity index (χ1n) is 17.8. The lowest BCUT2D eigenvalue weighted by atomic mass is 9.97. The Bertz CT molecular complexity index is 3260. The maximum atomic E-state index is 9.62. The lowest BCUT2D eigenvalue weighted by Crippen LogP contribution is -2.00. The molecule has 0 radical (unpaired) electrons. The van der Waals surface area contributed by atoms with E-state index in [0.717, 1.165) is 88.4 Å². The second-order valence-electron chi connectivity index (χ2n) is 13.7. The molecule has 0 saturated heterocycles. The Morgan fingerprint density at radius 2 is 0.943 bits per heavy atom. The Balaban J connectivity index is 1.23. The minimum absolute atomic E-state index is 0.647. The van der Waals surface area contributed by atoms with Crippen LogP contribution < -0.4 is 0 Å². The molecule has 0 spiro atoms. The summed E-state index contributed by atoms with van der Waals surface area (Å²) >= 11 is 0. The standard InChI is InChI=1S/C49H29N3O/c50-30-31-11-9-12-32(25-31)33-13-10-14-34(26-33)35-27-36(51-43-19-5-1-15-38(43)39-16-2-6-20-44(39)51)29-37(28-35)52-45-21-7-3-18-42(45)48-46(52)24-23-41-40-17-4-8-22-47(40)53-49(41)48/h1-29H. The van der Waals surface area contributed by atoms with Crippen LogP contribution in [0.5, 0.6) is 0 Å². The van der Waals surface area contributed by atoms with Crippen molar-refractivity contribution in [2.24, 2.45) is 0 Å². The average molecular weight is 676 g/mol. The summed E-state index contributed by atoms with van der Waals surface area (Å²) in [6, 6.07) is 64.4. The SMILES string of the molecule is N#Cc1cccc(-c2cccc(-c3cc(-n4c5ccccc5c5ccccc54)cc(-n4c5ccccc5c5c6oc7ccccc7c6ccc54)c3)c2)c1. The highest BCUT2D eigenvalue weighted by molar-refractivity contribution is 6.24. The molecule has 0 atom stereocenters. The van der Waals surface area contributed by atoms with Crippen molar-refractivity contribution in [3.63, 3.8) is 0 Å². The summed E-state index contributed by atoms with van der Waals surface area (Å²) < 4.78 is 11.4. The van der Waals surface area contributed by atoms with Gasteiger partial charge in [-0.15, -0.1) is 0 Å². The maximum absolute atomic E-state index is 9.62. The van der Waals surface area contributed by atoms with Gasteiger partial charge in [0.1, 0.15) is 11.2 Å². The first kappa shape index (κ1) is 29.4. The molecule has 53 heavy (non-hydrogen) atoms. The van der Waals surface area contributed by atoms with E-state index in [-0.39, 0.29) is 0 Å². The number of rotatable bonds is 4. The lowest BCUT2D eigenvalue weighted by molar-refractivity contribution is 0.673. The third-order valence-electron chi connectivity index (χ3n) is 10.7. The highest BCUT2D eigenvalue weighted by Gasteiger charge is 2.20. The molecule has 0 fully saturated rings. The summed E-state index contributed by atoms with van der Waals surface area (Å²) in [4.78, 5) is 0. The van der Waals surface area contributed by atoms with Gasteiger partial charge in [-0.1, -0.05) is 103 Å². The van der Waals surface area contributed by atoms with E-state index in [4.69, 9.17) is 4.42 Å². The van der Waals surface area contributed by atoms with Crippen LogP contribution in [0, 0.1) is 11.3 Å². The summed E-state index contributed by atoms with van der Waals surface area (Å²) in [6.07, 6.45) is 0. The van der Waals surface area contributed by atoms with E-state index in [1.165, 1.54) is 10.8 Å². The molecular formula is C49H29N3O. The van der Waals surface area contributed by atoms with Crippen molar-refractivity contribution in [3.05, 3.63) is 181 Å². The Kier molecular flexibility index (Phi) is 6.28. The van der Waals surface area contributed by atoms with Crippen molar-refractivity contribution in [1.29, 1.82) is 5.26 Å². The topological polar surface area (TPSA) is 46.8 Å². The first-order chi connectivity index (χ1) is 26.2. The molecule has 11 aromatic rings. The van der Waals surface area contributed by atoms with Gasteiger partial charge < -0.3 is 13.6 Å². The van der Waals surface area contributed by atoms with Gasteiger partial charge in [0, 0.05) is 38.3 Å². The van der Waals surface area contributed by atoms with Gasteiger partial charge >= 0.3 is 0 Å². The van der Waals surface area contributed by atoms with Crippen LogP contribution in [0.3, 0.4) is 0 Å². The highest BCUT2D eigenvalue weighted by Crippen LogP contribution is 2.42. The second-order valence-corrected chi connectivity index (χ2v) is 13.7. The van der Waals surface area contributed by atoms with Crippen molar-refractivity contribution in [2.75, 3.05) is 0 Å². The monoisotopic (exact) mass is 675 g/mol. The van der Waals surface area contributed by atoms with Crippen LogP contribution in [0.4, 0.5) is 0 Å². The molecule has 11 rings (SSSR count). The van der Waals surface area contributed by atoms with Crippen molar-refractivity contribution >= 4 is 65.6 Å². The van der Waals surface area contributed by atoms with Crippen LogP contribution in [0.25, 0.3) is 99.2 Å². The molecule has 3 heterocycles. The molecule has 4 heteroatoms. The third kappa shape index (κ3) is 4.41. The van der Waals surface area contributed by atoms with Crippen molar-refractivity contribution < 1.29 is 4.42 Å². The predicted octanol–water partition coefficient (Wildman–Crippen LogP) is 13.0. The second kappa shape index (κ2) is 11.3. The van der Waals surface area contributed by atoms with E-state index in [0.29, 0.717) is 5.56 Å². The van der Waals surface area contributed by atoms with Gasteiger partial charge in [-0.3, -0.25) is 0 Å². The fraction of sp³-hybridized carbons (Fsp3) is 0. The van der Waals surface area contributed by atoms with Crippen LogP contribution in [0.2, 0.25) is 0 Å². The van der Waals surface area contributed by atoms with Crippen LogP contribution >= 0.6 is 0 Å². The molecule has 0 aliphatic rings. The zero-order chi connectivity index (χ0) is 35.0. The third-order valence-corrected chi connectivity index (χ3v) is 10.7. The largest absolute Gasteiger partial charge is 0.455 e. The Morgan fingerprint density at radius 3 is 1.64 bits per heavy atom. The molecule has 0 amide bonds. The van der Waals surface area contributed by atoms with Crippen molar-refractivity contribution in [1.82, 2.24) is 9.13 Å². The quantitative estimate of drug-likeness (QED) is 0.186. The zero-order valence-electron chi connectivity index (χ0n) is 28.5. The van der Waals surface area contributed by atoms with Gasteiger partial charge in [0.25, 0.3) is 0 Å². The maximum Gasteiger partial charge on any atom is 0.145 e. The van der Waals surface area contributed by atoms with E-state index in [9.17, 15) is 5.26 Å². The first-order valence-corrected chi connectivity index (χ1v) is 17.8. The number of aromatic nitrogens is 2. The molecule has 8 aromatic carbocycles.